The Hall–Kier alpha value is -1.26. The number of nitrogens with one attached hydrogen (secondary N) is 1. The zero-order valence-electron chi connectivity index (χ0n) is 9.58. The fraction of sp³-hybridized carbons (Fsp3) is 0.417. The summed E-state index contributed by atoms with van der Waals surface area (Å²) in [6.07, 6.45) is 4.22. The van der Waals surface area contributed by atoms with Gasteiger partial charge < -0.3 is 16.2 Å². The quantitative estimate of drug-likeness (QED) is 0.675. The van der Waals surface area contributed by atoms with E-state index in [1.165, 1.54) is 50.6 Å². The third-order valence-corrected chi connectivity index (χ3v) is 2.69. The zero-order valence-corrected chi connectivity index (χ0v) is 10.3. The molecule has 1 aromatic carbocycles. The first-order chi connectivity index (χ1) is 8.11. The molecule has 17 heavy (non-hydrogen) atoms. The maximum Gasteiger partial charge on any atom is 0.337 e. The summed E-state index contributed by atoms with van der Waals surface area (Å²) < 4.78 is 0. The van der Waals surface area contributed by atoms with Gasteiger partial charge in [0.1, 0.15) is 0 Å². The van der Waals surface area contributed by atoms with Gasteiger partial charge in [0.15, 0.2) is 0 Å². The molecule has 94 valence electrons. The summed E-state index contributed by atoms with van der Waals surface area (Å²) in [6, 6.07) is 4.27. The van der Waals surface area contributed by atoms with Crippen molar-refractivity contribution in [2.75, 3.05) is 18.8 Å². The number of hydrogen-bond acceptors (Lipinski definition) is 3. The van der Waals surface area contributed by atoms with Gasteiger partial charge in [-0.1, -0.05) is 18.0 Å². The Morgan fingerprint density at radius 3 is 2.29 bits per heavy atom. The molecule has 5 heteroatoms. The van der Waals surface area contributed by atoms with Crippen LogP contribution in [0.15, 0.2) is 18.2 Å². The van der Waals surface area contributed by atoms with Crippen LogP contribution in [0.2, 0.25) is 5.02 Å². The minimum Gasteiger partial charge on any atom is -0.478 e. The van der Waals surface area contributed by atoms with E-state index in [0.29, 0.717) is 5.02 Å². The van der Waals surface area contributed by atoms with Crippen LogP contribution in [-0.4, -0.2) is 24.2 Å². The zero-order chi connectivity index (χ0) is 12.7. The van der Waals surface area contributed by atoms with Gasteiger partial charge in [0, 0.05) is 10.7 Å². The molecule has 1 fully saturated rings. The predicted octanol–water partition coefficient (Wildman–Crippen LogP) is 2.38. The summed E-state index contributed by atoms with van der Waals surface area (Å²) in [5.41, 5.74) is 5.62. The second kappa shape index (κ2) is 7.14. The highest BCUT2D eigenvalue weighted by atomic mass is 35.5. The Labute approximate surface area is 106 Å². The third-order valence-electron chi connectivity index (χ3n) is 2.45. The van der Waals surface area contributed by atoms with E-state index in [0.717, 1.165) is 0 Å². The molecule has 0 amide bonds. The molecule has 1 heterocycles. The molecule has 0 aromatic heterocycles. The maximum absolute atomic E-state index is 10.4. The minimum atomic E-state index is -1.04. The smallest absolute Gasteiger partial charge is 0.337 e. The van der Waals surface area contributed by atoms with Crippen molar-refractivity contribution >= 4 is 23.3 Å². The van der Waals surface area contributed by atoms with Crippen LogP contribution in [0.3, 0.4) is 0 Å². The van der Waals surface area contributed by atoms with Gasteiger partial charge in [-0.3, -0.25) is 0 Å². The largest absolute Gasteiger partial charge is 0.478 e. The van der Waals surface area contributed by atoms with E-state index in [1.54, 1.807) is 0 Å². The SMILES string of the molecule is C1CCNCC1.Nc1cc(Cl)ccc1C(=O)O. The van der Waals surface area contributed by atoms with Gasteiger partial charge in [0.05, 0.1) is 5.56 Å². The lowest BCUT2D eigenvalue weighted by Crippen LogP contribution is -2.21. The Kier molecular flexibility index (Phi) is 5.80. The third kappa shape index (κ3) is 5.06. The van der Waals surface area contributed by atoms with Crippen LogP contribution >= 0.6 is 11.6 Å². The Morgan fingerprint density at radius 1 is 1.29 bits per heavy atom. The average Bonchev–Trinajstić information content (AvgIpc) is 2.31. The average molecular weight is 257 g/mol. The standard InChI is InChI=1S/C7H6ClNO2.C5H11N/c8-4-1-2-5(7(10)11)6(9)3-4;1-2-4-6-5-3-1/h1-3H,9H2,(H,10,11);6H,1-5H2. The lowest BCUT2D eigenvalue weighted by atomic mass is 10.2. The highest BCUT2D eigenvalue weighted by molar-refractivity contribution is 6.31. The van der Waals surface area contributed by atoms with E-state index in [4.69, 9.17) is 22.4 Å². The van der Waals surface area contributed by atoms with Crippen molar-refractivity contribution in [3.63, 3.8) is 0 Å². The van der Waals surface area contributed by atoms with Crippen molar-refractivity contribution in [1.29, 1.82) is 0 Å². The van der Waals surface area contributed by atoms with Gasteiger partial charge in [0.2, 0.25) is 0 Å². The molecule has 2 rings (SSSR count). The molecule has 1 aliphatic heterocycles. The van der Waals surface area contributed by atoms with E-state index >= 15 is 0 Å². The number of nitrogen functional groups attached to an aromatic ring is 1. The maximum atomic E-state index is 10.4. The molecule has 0 radical (unpaired) electrons. The number of hydrogen-bond donors (Lipinski definition) is 3. The van der Waals surface area contributed by atoms with Crippen molar-refractivity contribution in [3.8, 4) is 0 Å². The molecule has 1 saturated heterocycles. The molecule has 4 nitrogen and oxygen atoms in total. The first-order valence-electron chi connectivity index (χ1n) is 5.60. The molecule has 0 unspecified atom stereocenters. The van der Waals surface area contributed by atoms with Gasteiger partial charge in [-0.05, 0) is 44.1 Å². The van der Waals surface area contributed by atoms with Gasteiger partial charge >= 0.3 is 5.97 Å². The highest BCUT2D eigenvalue weighted by Crippen LogP contribution is 2.17. The monoisotopic (exact) mass is 256 g/mol. The molecule has 0 spiro atoms. The Bertz CT molecular complexity index is 367. The summed E-state index contributed by atoms with van der Waals surface area (Å²) in [4.78, 5) is 10.4. The van der Waals surface area contributed by atoms with Crippen molar-refractivity contribution in [3.05, 3.63) is 28.8 Å². The number of benzene rings is 1. The van der Waals surface area contributed by atoms with E-state index in [-0.39, 0.29) is 11.3 Å². The lowest BCUT2D eigenvalue weighted by Gasteiger charge is -2.08. The van der Waals surface area contributed by atoms with Crippen LogP contribution in [0.5, 0.6) is 0 Å². The molecule has 0 atom stereocenters. The van der Waals surface area contributed by atoms with Crippen molar-refractivity contribution in [2.24, 2.45) is 0 Å². The molecule has 1 aromatic rings. The first-order valence-corrected chi connectivity index (χ1v) is 5.98. The van der Waals surface area contributed by atoms with Crippen LogP contribution in [0.25, 0.3) is 0 Å². The highest BCUT2D eigenvalue weighted by Gasteiger charge is 2.06. The Morgan fingerprint density at radius 2 is 1.94 bits per heavy atom. The molecular formula is C12H17ClN2O2. The first kappa shape index (κ1) is 13.8. The van der Waals surface area contributed by atoms with Crippen molar-refractivity contribution < 1.29 is 9.90 Å². The summed E-state index contributed by atoms with van der Waals surface area (Å²) in [6.45, 7) is 2.50. The number of rotatable bonds is 1. The minimum absolute atomic E-state index is 0.0781. The van der Waals surface area contributed by atoms with Crippen molar-refractivity contribution in [1.82, 2.24) is 5.32 Å². The number of carboxylic acid groups (broad SMARTS) is 1. The number of anilines is 1. The summed E-state index contributed by atoms with van der Waals surface area (Å²) in [5.74, 6) is -1.04. The number of carbonyl (C=O) groups is 1. The number of piperidine rings is 1. The van der Waals surface area contributed by atoms with E-state index in [1.807, 2.05) is 0 Å². The molecule has 0 aliphatic carbocycles. The second-order valence-electron chi connectivity index (χ2n) is 3.85. The van der Waals surface area contributed by atoms with Gasteiger partial charge in [0.25, 0.3) is 0 Å². The lowest BCUT2D eigenvalue weighted by molar-refractivity contribution is 0.0698. The fourth-order valence-electron chi connectivity index (χ4n) is 1.53. The summed E-state index contributed by atoms with van der Waals surface area (Å²) in [7, 11) is 0. The van der Waals surface area contributed by atoms with Gasteiger partial charge in [-0.2, -0.15) is 0 Å². The summed E-state index contributed by atoms with van der Waals surface area (Å²) >= 11 is 5.55. The van der Waals surface area contributed by atoms with Crippen LogP contribution in [0.4, 0.5) is 5.69 Å². The van der Waals surface area contributed by atoms with Crippen LogP contribution in [-0.2, 0) is 0 Å². The molecule has 0 bridgehead atoms. The topological polar surface area (TPSA) is 75.3 Å². The molecule has 1 aliphatic rings. The van der Waals surface area contributed by atoms with E-state index < -0.39 is 5.97 Å². The molecule has 4 N–H and O–H groups in total. The fourth-order valence-corrected chi connectivity index (χ4v) is 1.71. The van der Waals surface area contributed by atoms with Crippen LogP contribution in [0, 0.1) is 0 Å². The van der Waals surface area contributed by atoms with E-state index in [2.05, 4.69) is 5.32 Å². The van der Waals surface area contributed by atoms with Gasteiger partial charge in [-0.15, -0.1) is 0 Å². The number of halogens is 1. The number of nitrogens with two attached hydrogens (primary N) is 1. The number of aromatic carboxylic acids is 1. The second-order valence-corrected chi connectivity index (χ2v) is 4.28. The van der Waals surface area contributed by atoms with Crippen LogP contribution in [0.1, 0.15) is 29.6 Å². The normalized spacial score (nSPS) is 14.6. The molecular weight excluding hydrogens is 240 g/mol. The Balaban J connectivity index is 0.000000202. The predicted molar refractivity (Wildman–Crippen MR) is 69.5 cm³/mol. The van der Waals surface area contributed by atoms with Crippen molar-refractivity contribution in [2.45, 2.75) is 19.3 Å². The molecule has 0 saturated carbocycles. The van der Waals surface area contributed by atoms with Crippen LogP contribution < -0.4 is 11.1 Å². The number of carboxylic acids is 1. The van der Waals surface area contributed by atoms with E-state index in [9.17, 15) is 4.79 Å². The summed E-state index contributed by atoms with van der Waals surface area (Å²) in [5, 5.41) is 12.3. The van der Waals surface area contributed by atoms with Gasteiger partial charge in [-0.25, -0.2) is 4.79 Å².